The van der Waals surface area contributed by atoms with Gasteiger partial charge in [-0.3, -0.25) is 0 Å². The van der Waals surface area contributed by atoms with Gasteiger partial charge in [0.15, 0.2) is 0 Å². The van der Waals surface area contributed by atoms with Crippen LogP contribution in [0, 0.1) is 13.8 Å². The summed E-state index contributed by atoms with van der Waals surface area (Å²) in [7, 11) is 0. The molecule has 0 radical (unpaired) electrons. The predicted octanol–water partition coefficient (Wildman–Crippen LogP) is 5.05. The van der Waals surface area contributed by atoms with Crippen LogP contribution in [0.25, 0.3) is 0 Å². The molecule has 0 amide bonds. The smallest absolute Gasteiger partial charge is 0.0476 e. The van der Waals surface area contributed by atoms with E-state index in [0.717, 1.165) is 6.42 Å². The Kier molecular flexibility index (Phi) is 5.71. The first-order chi connectivity index (χ1) is 8.22. The van der Waals surface area contributed by atoms with Crippen molar-refractivity contribution in [2.75, 3.05) is 0 Å². The first-order valence-electron chi connectivity index (χ1n) is 5.90. The molecule has 0 atom stereocenters. The molecule has 0 unspecified atom stereocenters. The first kappa shape index (κ1) is 15.1. The lowest BCUT2D eigenvalue weighted by molar-refractivity contribution is 1.11. The summed E-state index contributed by atoms with van der Waals surface area (Å²) >= 11 is 5.94. The lowest BCUT2D eigenvalue weighted by Crippen LogP contribution is -1.97. The molecule has 2 rings (SSSR count). The van der Waals surface area contributed by atoms with E-state index in [1.807, 2.05) is 0 Å². The van der Waals surface area contributed by atoms with Crippen molar-refractivity contribution in [3.05, 3.63) is 70.3 Å². The zero-order valence-electron chi connectivity index (χ0n) is 10.7. The van der Waals surface area contributed by atoms with Gasteiger partial charge in [-0.15, -0.1) is 24.0 Å². The van der Waals surface area contributed by atoms with Crippen molar-refractivity contribution < 1.29 is 0 Å². The molecule has 0 saturated heterocycles. The third-order valence-corrected chi connectivity index (χ3v) is 3.63. The van der Waals surface area contributed by atoms with Gasteiger partial charge in [-0.25, -0.2) is 0 Å². The zero-order chi connectivity index (χ0) is 12.3. The van der Waals surface area contributed by atoms with E-state index in [4.69, 9.17) is 11.6 Å². The molecule has 2 aromatic carbocycles. The second-order valence-corrected chi connectivity index (χ2v) is 4.71. The Balaban J connectivity index is 0.00000162. The molecule has 0 aliphatic heterocycles. The minimum absolute atomic E-state index is 0. The number of benzene rings is 2. The van der Waals surface area contributed by atoms with E-state index >= 15 is 0 Å². The fraction of sp³-hybridized carbons (Fsp3) is 0.250. The van der Waals surface area contributed by atoms with Crippen LogP contribution in [0.5, 0.6) is 0 Å². The molecule has 2 aromatic rings. The van der Waals surface area contributed by atoms with E-state index in [-0.39, 0.29) is 12.4 Å². The standard InChI is InChI=1S/C16H17Cl.ClH/c1-12-6-3-4-7-14(12)10-15-8-5-9-16(11-17)13(15)2;/h3-9H,10-11H2,1-2H3;1H. The third kappa shape index (κ3) is 3.28. The van der Waals surface area contributed by atoms with Crippen LogP contribution < -0.4 is 0 Å². The van der Waals surface area contributed by atoms with E-state index in [0.29, 0.717) is 5.88 Å². The van der Waals surface area contributed by atoms with Crippen LogP contribution in [-0.4, -0.2) is 0 Å². The van der Waals surface area contributed by atoms with Crippen LogP contribution in [-0.2, 0) is 12.3 Å². The summed E-state index contributed by atoms with van der Waals surface area (Å²) in [6.07, 6.45) is 0.989. The van der Waals surface area contributed by atoms with Crippen molar-refractivity contribution in [3.8, 4) is 0 Å². The van der Waals surface area contributed by atoms with E-state index in [1.54, 1.807) is 0 Å². The molecule has 0 aliphatic carbocycles. The van der Waals surface area contributed by atoms with Crippen molar-refractivity contribution in [1.82, 2.24) is 0 Å². The Morgan fingerprint density at radius 3 is 2.11 bits per heavy atom. The summed E-state index contributed by atoms with van der Waals surface area (Å²) in [5.74, 6) is 0.591. The van der Waals surface area contributed by atoms with Crippen LogP contribution in [0.4, 0.5) is 0 Å². The zero-order valence-corrected chi connectivity index (χ0v) is 12.3. The molecule has 0 spiro atoms. The van der Waals surface area contributed by atoms with Crippen molar-refractivity contribution in [1.29, 1.82) is 0 Å². The number of halogens is 2. The largest absolute Gasteiger partial charge is 0.147 e. The van der Waals surface area contributed by atoms with Crippen molar-refractivity contribution in [3.63, 3.8) is 0 Å². The average molecular weight is 281 g/mol. The summed E-state index contributed by atoms with van der Waals surface area (Å²) < 4.78 is 0. The Morgan fingerprint density at radius 1 is 0.833 bits per heavy atom. The molecule has 0 aliphatic rings. The Morgan fingerprint density at radius 2 is 1.44 bits per heavy atom. The highest BCUT2D eigenvalue weighted by molar-refractivity contribution is 6.17. The minimum atomic E-state index is 0. The molecule has 2 heteroatoms. The Hall–Kier alpha value is -0.980. The van der Waals surface area contributed by atoms with Crippen molar-refractivity contribution >= 4 is 24.0 Å². The monoisotopic (exact) mass is 280 g/mol. The molecule has 18 heavy (non-hydrogen) atoms. The van der Waals surface area contributed by atoms with Crippen LogP contribution in [0.3, 0.4) is 0 Å². The molecular formula is C16H18Cl2. The number of rotatable bonds is 3. The van der Waals surface area contributed by atoms with Gasteiger partial charge in [-0.05, 0) is 48.1 Å². The quantitative estimate of drug-likeness (QED) is 0.690. The van der Waals surface area contributed by atoms with Gasteiger partial charge in [0.25, 0.3) is 0 Å². The van der Waals surface area contributed by atoms with Crippen LogP contribution >= 0.6 is 24.0 Å². The number of hydrogen-bond acceptors (Lipinski definition) is 0. The van der Waals surface area contributed by atoms with Gasteiger partial charge < -0.3 is 0 Å². The van der Waals surface area contributed by atoms with E-state index in [9.17, 15) is 0 Å². The highest BCUT2D eigenvalue weighted by atomic mass is 35.5. The molecule has 0 aromatic heterocycles. The average Bonchev–Trinajstić information content (AvgIpc) is 2.34. The molecule has 0 fully saturated rings. The van der Waals surface area contributed by atoms with Gasteiger partial charge in [-0.2, -0.15) is 0 Å². The van der Waals surface area contributed by atoms with Gasteiger partial charge >= 0.3 is 0 Å². The van der Waals surface area contributed by atoms with Gasteiger partial charge in [-0.1, -0.05) is 42.5 Å². The second kappa shape index (κ2) is 6.82. The van der Waals surface area contributed by atoms with Crippen LogP contribution in [0.2, 0.25) is 0 Å². The highest BCUT2D eigenvalue weighted by Gasteiger charge is 2.05. The SMILES string of the molecule is Cc1ccccc1Cc1cccc(CCl)c1C.Cl. The van der Waals surface area contributed by atoms with Gasteiger partial charge in [0.2, 0.25) is 0 Å². The summed E-state index contributed by atoms with van der Waals surface area (Å²) in [5.41, 5.74) is 6.67. The summed E-state index contributed by atoms with van der Waals surface area (Å²) in [6.45, 7) is 4.32. The maximum atomic E-state index is 5.94. The number of aryl methyl sites for hydroxylation is 1. The highest BCUT2D eigenvalue weighted by Crippen LogP contribution is 2.20. The topological polar surface area (TPSA) is 0 Å². The molecule has 0 N–H and O–H groups in total. The van der Waals surface area contributed by atoms with Crippen molar-refractivity contribution in [2.45, 2.75) is 26.1 Å². The molecule has 0 saturated carbocycles. The number of alkyl halides is 1. The number of hydrogen-bond donors (Lipinski definition) is 0. The van der Waals surface area contributed by atoms with Gasteiger partial charge in [0.1, 0.15) is 0 Å². The van der Waals surface area contributed by atoms with Crippen LogP contribution in [0.15, 0.2) is 42.5 Å². The lowest BCUT2D eigenvalue weighted by atomic mass is 9.95. The summed E-state index contributed by atoms with van der Waals surface area (Å²) in [5, 5.41) is 0. The molecule has 96 valence electrons. The van der Waals surface area contributed by atoms with Gasteiger partial charge in [0, 0.05) is 5.88 Å². The fourth-order valence-electron chi connectivity index (χ4n) is 2.09. The second-order valence-electron chi connectivity index (χ2n) is 4.44. The Bertz CT molecular complexity index is 518. The molecular weight excluding hydrogens is 263 g/mol. The first-order valence-corrected chi connectivity index (χ1v) is 6.43. The van der Waals surface area contributed by atoms with Crippen LogP contribution in [0.1, 0.15) is 27.8 Å². The molecule has 0 bridgehead atoms. The Labute approximate surface area is 120 Å². The lowest BCUT2D eigenvalue weighted by Gasteiger charge is -2.11. The minimum Gasteiger partial charge on any atom is -0.147 e. The van der Waals surface area contributed by atoms with Crippen molar-refractivity contribution in [2.24, 2.45) is 0 Å². The maximum absolute atomic E-state index is 5.94. The third-order valence-electron chi connectivity index (χ3n) is 3.34. The molecule has 0 nitrogen and oxygen atoms in total. The normalized spacial score (nSPS) is 9.94. The summed E-state index contributed by atoms with van der Waals surface area (Å²) in [4.78, 5) is 0. The molecule has 0 heterocycles. The maximum Gasteiger partial charge on any atom is 0.0476 e. The fourth-order valence-corrected chi connectivity index (χ4v) is 2.38. The van der Waals surface area contributed by atoms with E-state index in [1.165, 1.54) is 27.8 Å². The van der Waals surface area contributed by atoms with E-state index in [2.05, 4.69) is 56.3 Å². The van der Waals surface area contributed by atoms with Gasteiger partial charge in [0.05, 0.1) is 0 Å². The summed E-state index contributed by atoms with van der Waals surface area (Å²) in [6, 6.07) is 14.9. The van der Waals surface area contributed by atoms with E-state index < -0.39 is 0 Å². The predicted molar refractivity (Wildman–Crippen MR) is 82.0 cm³/mol.